The van der Waals surface area contributed by atoms with Gasteiger partial charge in [-0.25, -0.2) is 9.37 Å². The zero-order valence-corrected chi connectivity index (χ0v) is 15.9. The number of aromatic nitrogens is 2. The topological polar surface area (TPSA) is 58.4 Å². The Morgan fingerprint density at radius 3 is 2.70 bits per heavy atom. The third-order valence-corrected chi connectivity index (χ3v) is 6.29. The Hall–Kier alpha value is -2.35. The Balaban J connectivity index is 1.42. The summed E-state index contributed by atoms with van der Waals surface area (Å²) in [6.45, 7) is 4.43. The summed E-state index contributed by atoms with van der Waals surface area (Å²) in [6.07, 6.45) is 1.59. The van der Waals surface area contributed by atoms with E-state index in [9.17, 15) is 14.0 Å². The number of thioether (sulfide) groups is 1. The molecule has 1 saturated heterocycles. The lowest BCUT2D eigenvalue weighted by molar-refractivity contribution is -0.135. The number of para-hydroxylation sites is 1. The van der Waals surface area contributed by atoms with Crippen molar-refractivity contribution in [1.82, 2.24) is 14.5 Å². The summed E-state index contributed by atoms with van der Waals surface area (Å²) in [4.78, 5) is 33.4. The fourth-order valence-electron chi connectivity index (χ4n) is 3.58. The van der Waals surface area contributed by atoms with Crippen LogP contribution >= 0.6 is 11.8 Å². The van der Waals surface area contributed by atoms with Gasteiger partial charge in [0.05, 0.1) is 11.6 Å². The molecule has 142 valence electrons. The van der Waals surface area contributed by atoms with Crippen molar-refractivity contribution >= 4 is 23.4 Å². The standard InChI is InChI=1S/C19H21FN4O2S/c1-13-10-21-19-24(17(13)25)11-14(12-27-19)18(26)23-8-6-22(7-9-23)16-5-3-2-4-15(16)20/h2-5,10,14H,6-9,11-12H2,1H3. The van der Waals surface area contributed by atoms with Gasteiger partial charge in [0.2, 0.25) is 5.91 Å². The van der Waals surface area contributed by atoms with E-state index in [1.807, 2.05) is 15.9 Å². The molecule has 0 N–H and O–H groups in total. The van der Waals surface area contributed by atoms with Crippen molar-refractivity contribution in [3.8, 4) is 0 Å². The summed E-state index contributed by atoms with van der Waals surface area (Å²) in [7, 11) is 0. The number of amides is 1. The first-order valence-corrected chi connectivity index (χ1v) is 10.0. The van der Waals surface area contributed by atoms with Crippen LogP contribution < -0.4 is 10.5 Å². The summed E-state index contributed by atoms with van der Waals surface area (Å²) < 4.78 is 15.6. The molecule has 2 aliphatic heterocycles. The van der Waals surface area contributed by atoms with Crippen LogP contribution in [0.25, 0.3) is 0 Å². The highest BCUT2D eigenvalue weighted by atomic mass is 32.2. The Morgan fingerprint density at radius 1 is 1.22 bits per heavy atom. The van der Waals surface area contributed by atoms with E-state index in [2.05, 4.69) is 4.98 Å². The first-order valence-electron chi connectivity index (χ1n) is 9.02. The van der Waals surface area contributed by atoms with Crippen molar-refractivity contribution in [2.24, 2.45) is 5.92 Å². The largest absolute Gasteiger partial charge is 0.366 e. The number of rotatable bonds is 2. The molecule has 2 aromatic rings. The van der Waals surface area contributed by atoms with Gasteiger partial charge in [-0.05, 0) is 19.1 Å². The molecule has 0 aliphatic carbocycles. The normalized spacial score (nSPS) is 19.7. The molecule has 4 rings (SSSR count). The van der Waals surface area contributed by atoms with E-state index in [4.69, 9.17) is 0 Å². The van der Waals surface area contributed by atoms with Crippen LogP contribution in [-0.4, -0.2) is 52.3 Å². The van der Waals surface area contributed by atoms with Crippen LogP contribution in [-0.2, 0) is 11.3 Å². The number of benzene rings is 1. The summed E-state index contributed by atoms with van der Waals surface area (Å²) >= 11 is 1.46. The number of fused-ring (bicyclic) bond motifs is 1. The van der Waals surface area contributed by atoms with E-state index >= 15 is 0 Å². The molecule has 1 aromatic carbocycles. The molecule has 27 heavy (non-hydrogen) atoms. The molecular weight excluding hydrogens is 367 g/mol. The fourth-order valence-corrected chi connectivity index (χ4v) is 4.62. The number of hydrogen-bond acceptors (Lipinski definition) is 5. The van der Waals surface area contributed by atoms with Gasteiger partial charge in [0.15, 0.2) is 5.16 Å². The van der Waals surface area contributed by atoms with Crippen LogP contribution in [0.1, 0.15) is 5.56 Å². The number of hydrogen-bond donors (Lipinski definition) is 0. The molecule has 3 heterocycles. The van der Waals surface area contributed by atoms with Crippen LogP contribution in [0.3, 0.4) is 0 Å². The molecule has 1 atom stereocenters. The Kier molecular flexibility index (Phi) is 4.90. The van der Waals surface area contributed by atoms with Gasteiger partial charge in [0.25, 0.3) is 5.56 Å². The van der Waals surface area contributed by atoms with Gasteiger partial charge in [-0.1, -0.05) is 23.9 Å². The fraction of sp³-hybridized carbons (Fsp3) is 0.421. The average molecular weight is 388 g/mol. The SMILES string of the molecule is Cc1cnc2n(c1=O)CC(C(=O)N1CCN(c3ccccc3F)CC1)CS2. The minimum Gasteiger partial charge on any atom is -0.366 e. The molecule has 0 saturated carbocycles. The highest BCUT2D eigenvalue weighted by Crippen LogP contribution is 2.27. The van der Waals surface area contributed by atoms with E-state index in [-0.39, 0.29) is 23.2 Å². The van der Waals surface area contributed by atoms with E-state index < -0.39 is 0 Å². The maximum Gasteiger partial charge on any atom is 0.257 e. The van der Waals surface area contributed by atoms with Crippen molar-refractivity contribution in [2.45, 2.75) is 18.6 Å². The van der Waals surface area contributed by atoms with Gasteiger partial charge in [-0.15, -0.1) is 0 Å². The summed E-state index contributed by atoms with van der Waals surface area (Å²) in [5, 5.41) is 0.680. The third-order valence-electron chi connectivity index (χ3n) is 5.13. The van der Waals surface area contributed by atoms with Gasteiger partial charge >= 0.3 is 0 Å². The lowest BCUT2D eigenvalue weighted by Crippen LogP contribution is -2.52. The monoisotopic (exact) mass is 388 g/mol. The summed E-state index contributed by atoms with van der Waals surface area (Å²) in [5.74, 6) is 0.223. The van der Waals surface area contributed by atoms with Crippen LogP contribution in [0.5, 0.6) is 0 Å². The second kappa shape index (κ2) is 7.34. The second-order valence-corrected chi connectivity index (χ2v) is 7.90. The molecule has 1 aromatic heterocycles. The van der Waals surface area contributed by atoms with Gasteiger partial charge in [0.1, 0.15) is 5.82 Å². The van der Waals surface area contributed by atoms with Gasteiger partial charge in [-0.2, -0.15) is 0 Å². The molecule has 0 radical (unpaired) electrons. The van der Waals surface area contributed by atoms with E-state index in [0.29, 0.717) is 54.9 Å². The minimum atomic E-state index is -0.236. The predicted molar refractivity (Wildman–Crippen MR) is 103 cm³/mol. The number of aryl methyl sites for hydroxylation is 1. The average Bonchev–Trinajstić information content (AvgIpc) is 2.71. The number of anilines is 1. The predicted octanol–water partition coefficient (Wildman–Crippen LogP) is 1.76. The zero-order chi connectivity index (χ0) is 19.0. The zero-order valence-electron chi connectivity index (χ0n) is 15.1. The number of nitrogens with zero attached hydrogens (tertiary/aromatic N) is 4. The molecule has 6 nitrogen and oxygen atoms in total. The highest BCUT2D eigenvalue weighted by Gasteiger charge is 2.32. The quantitative estimate of drug-likeness (QED) is 0.734. The minimum absolute atomic E-state index is 0.0646. The second-order valence-electron chi connectivity index (χ2n) is 6.91. The molecule has 0 spiro atoms. The summed E-state index contributed by atoms with van der Waals surface area (Å²) in [6, 6.07) is 6.72. The van der Waals surface area contributed by atoms with Crippen molar-refractivity contribution in [2.75, 3.05) is 36.8 Å². The molecule has 1 amide bonds. The van der Waals surface area contributed by atoms with Crippen LogP contribution in [0, 0.1) is 18.7 Å². The lowest BCUT2D eigenvalue weighted by atomic mass is 10.1. The highest BCUT2D eigenvalue weighted by molar-refractivity contribution is 7.99. The molecule has 2 aliphatic rings. The Labute approximate surface area is 161 Å². The number of carbonyl (C=O) groups is 1. The van der Waals surface area contributed by atoms with Crippen LogP contribution in [0.4, 0.5) is 10.1 Å². The maximum absolute atomic E-state index is 14.0. The van der Waals surface area contributed by atoms with E-state index in [1.54, 1.807) is 29.8 Å². The van der Waals surface area contributed by atoms with Crippen molar-refractivity contribution in [3.05, 3.63) is 52.2 Å². The third kappa shape index (κ3) is 3.45. The Morgan fingerprint density at radius 2 is 1.96 bits per heavy atom. The van der Waals surface area contributed by atoms with Crippen molar-refractivity contribution in [3.63, 3.8) is 0 Å². The maximum atomic E-state index is 14.0. The van der Waals surface area contributed by atoms with Crippen LogP contribution in [0.15, 0.2) is 40.4 Å². The van der Waals surface area contributed by atoms with Crippen molar-refractivity contribution < 1.29 is 9.18 Å². The number of piperazine rings is 1. The first-order chi connectivity index (χ1) is 13.0. The van der Waals surface area contributed by atoms with Gasteiger partial charge < -0.3 is 9.80 Å². The van der Waals surface area contributed by atoms with Gasteiger partial charge in [-0.3, -0.25) is 14.2 Å². The van der Waals surface area contributed by atoms with Gasteiger partial charge in [0, 0.05) is 50.2 Å². The van der Waals surface area contributed by atoms with Crippen LogP contribution in [0.2, 0.25) is 0 Å². The summed E-state index contributed by atoms with van der Waals surface area (Å²) in [5.41, 5.74) is 1.10. The lowest BCUT2D eigenvalue weighted by Gasteiger charge is -2.38. The smallest absolute Gasteiger partial charge is 0.257 e. The molecule has 0 bridgehead atoms. The molecule has 1 fully saturated rings. The van der Waals surface area contributed by atoms with Crippen molar-refractivity contribution in [1.29, 1.82) is 0 Å². The number of halogens is 1. The number of carbonyl (C=O) groups excluding carboxylic acids is 1. The first kappa shape index (κ1) is 18.0. The molecule has 8 heteroatoms. The van der Waals surface area contributed by atoms with E-state index in [0.717, 1.165) is 0 Å². The Bertz CT molecular complexity index is 924. The molecule has 1 unspecified atom stereocenters. The van der Waals surface area contributed by atoms with E-state index in [1.165, 1.54) is 17.8 Å². The molecular formula is C19H21FN4O2S.